The molecule has 16 heavy (non-hydrogen) atoms. The monoisotopic (exact) mass is 213 g/mol. The lowest BCUT2D eigenvalue weighted by Crippen LogP contribution is -2.11. The van der Waals surface area contributed by atoms with E-state index in [9.17, 15) is 0 Å². The Labute approximate surface area is 95.6 Å². The molecule has 0 saturated carbocycles. The summed E-state index contributed by atoms with van der Waals surface area (Å²) < 4.78 is 0. The predicted molar refractivity (Wildman–Crippen MR) is 64.0 cm³/mol. The van der Waals surface area contributed by atoms with Gasteiger partial charge in [0, 0.05) is 12.4 Å². The van der Waals surface area contributed by atoms with Gasteiger partial charge in [-0.05, 0) is 29.2 Å². The van der Waals surface area contributed by atoms with E-state index in [-0.39, 0.29) is 5.41 Å². The molecular weight excluding hydrogens is 198 g/mol. The van der Waals surface area contributed by atoms with E-state index in [1.807, 2.05) is 18.3 Å². The zero-order valence-corrected chi connectivity index (χ0v) is 9.81. The lowest BCUT2D eigenvalue weighted by atomic mass is 9.87. The predicted octanol–water partition coefficient (Wildman–Crippen LogP) is 2.84. The van der Waals surface area contributed by atoms with Gasteiger partial charge < -0.3 is 0 Å². The lowest BCUT2D eigenvalue weighted by Gasteiger charge is -2.19. The molecule has 0 aromatic carbocycles. The van der Waals surface area contributed by atoms with Gasteiger partial charge in [0.15, 0.2) is 0 Å². The Morgan fingerprint density at radius 1 is 0.938 bits per heavy atom. The maximum atomic E-state index is 4.33. The molecule has 0 radical (unpaired) electrons. The second-order valence-corrected chi connectivity index (χ2v) is 4.77. The Morgan fingerprint density at radius 2 is 1.75 bits per heavy atom. The van der Waals surface area contributed by atoms with Crippen LogP contribution in [0.5, 0.6) is 0 Å². The van der Waals surface area contributed by atoms with Crippen LogP contribution >= 0.6 is 0 Å². The van der Waals surface area contributed by atoms with Crippen molar-refractivity contribution in [1.29, 1.82) is 0 Å². The fourth-order valence-corrected chi connectivity index (χ4v) is 1.48. The van der Waals surface area contributed by atoms with Crippen LogP contribution in [0.2, 0.25) is 0 Å². The minimum absolute atomic E-state index is 0.130. The van der Waals surface area contributed by atoms with Gasteiger partial charge in [0.05, 0.1) is 11.4 Å². The van der Waals surface area contributed by atoms with Gasteiger partial charge >= 0.3 is 0 Å². The van der Waals surface area contributed by atoms with Gasteiger partial charge in [0.2, 0.25) is 0 Å². The molecule has 0 atom stereocenters. The second-order valence-electron chi connectivity index (χ2n) is 4.77. The molecule has 0 aliphatic rings. The zero-order chi connectivity index (χ0) is 11.6. The molecule has 0 saturated heterocycles. The first-order valence-electron chi connectivity index (χ1n) is 5.30. The molecule has 82 valence electrons. The molecule has 0 aliphatic carbocycles. The van der Waals surface area contributed by atoms with Crippen LogP contribution < -0.4 is 0 Å². The topological polar surface area (TPSA) is 38.7 Å². The van der Waals surface area contributed by atoms with E-state index in [0.29, 0.717) is 0 Å². The smallest absolute Gasteiger partial charge is 0.116 e. The maximum Gasteiger partial charge on any atom is 0.116 e. The molecule has 0 spiro atoms. The molecule has 3 nitrogen and oxygen atoms in total. The first-order valence-corrected chi connectivity index (χ1v) is 5.30. The zero-order valence-electron chi connectivity index (χ0n) is 9.81. The van der Waals surface area contributed by atoms with Crippen molar-refractivity contribution in [2.75, 3.05) is 0 Å². The van der Waals surface area contributed by atoms with Crippen molar-refractivity contribution in [2.45, 2.75) is 26.2 Å². The molecule has 2 aromatic heterocycles. The first kappa shape index (κ1) is 10.7. The molecule has 2 rings (SSSR count). The lowest BCUT2D eigenvalue weighted by molar-refractivity contribution is 0.589. The summed E-state index contributed by atoms with van der Waals surface area (Å²) in [7, 11) is 0. The highest BCUT2D eigenvalue weighted by atomic mass is 14.8. The van der Waals surface area contributed by atoms with Gasteiger partial charge in [0.1, 0.15) is 6.33 Å². The van der Waals surface area contributed by atoms with E-state index >= 15 is 0 Å². The summed E-state index contributed by atoms with van der Waals surface area (Å²) in [4.78, 5) is 12.4. The quantitative estimate of drug-likeness (QED) is 0.731. The number of hydrogen-bond donors (Lipinski definition) is 0. The highest BCUT2D eigenvalue weighted by Gasteiger charge is 2.14. The van der Waals surface area contributed by atoms with Gasteiger partial charge in [-0.15, -0.1) is 0 Å². The number of hydrogen-bond acceptors (Lipinski definition) is 3. The van der Waals surface area contributed by atoms with E-state index in [2.05, 4.69) is 41.8 Å². The van der Waals surface area contributed by atoms with Crippen LogP contribution in [0, 0.1) is 0 Å². The largest absolute Gasteiger partial charge is 0.255 e. The normalized spacial score (nSPS) is 11.4. The summed E-state index contributed by atoms with van der Waals surface area (Å²) in [5, 5.41) is 0. The van der Waals surface area contributed by atoms with Gasteiger partial charge in [0.25, 0.3) is 0 Å². The van der Waals surface area contributed by atoms with E-state index in [0.717, 1.165) is 11.4 Å². The average molecular weight is 213 g/mol. The van der Waals surface area contributed by atoms with E-state index < -0.39 is 0 Å². The van der Waals surface area contributed by atoms with Crippen LogP contribution in [-0.2, 0) is 5.41 Å². The van der Waals surface area contributed by atoms with Crippen LogP contribution in [0.25, 0.3) is 11.4 Å². The minimum atomic E-state index is 0.130. The van der Waals surface area contributed by atoms with Crippen molar-refractivity contribution < 1.29 is 0 Å². The Bertz CT molecular complexity index is 472. The highest BCUT2D eigenvalue weighted by Crippen LogP contribution is 2.24. The van der Waals surface area contributed by atoms with Crippen molar-refractivity contribution in [3.8, 4) is 11.4 Å². The third-order valence-electron chi connectivity index (χ3n) is 2.47. The Hall–Kier alpha value is -1.77. The fourth-order valence-electron chi connectivity index (χ4n) is 1.48. The van der Waals surface area contributed by atoms with Crippen molar-refractivity contribution in [2.24, 2.45) is 0 Å². The third-order valence-corrected chi connectivity index (χ3v) is 2.47. The molecule has 2 aromatic rings. The van der Waals surface area contributed by atoms with Crippen LogP contribution in [0.1, 0.15) is 26.3 Å². The third kappa shape index (κ3) is 2.24. The van der Waals surface area contributed by atoms with Crippen LogP contribution in [-0.4, -0.2) is 15.0 Å². The SMILES string of the molecule is CC(C)(C)c1ccnc(-c2ccncn2)c1. The van der Waals surface area contributed by atoms with E-state index in [4.69, 9.17) is 0 Å². The molecule has 2 heterocycles. The van der Waals surface area contributed by atoms with Crippen LogP contribution in [0.4, 0.5) is 0 Å². The Balaban J connectivity index is 2.45. The summed E-state index contributed by atoms with van der Waals surface area (Å²) in [5.74, 6) is 0. The van der Waals surface area contributed by atoms with Gasteiger partial charge in [-0.1, -0.05) is 20.8 Å². The van der Waals surface area contributed by atoms with Crippen molar-refractivity contribution in [3.63, 3.8) is 0 Å². The van der Waals surface area contributed by atoms with Crippen LogP contribution in [0.3, 0.4) is 0 Å². The summed E-state index contributed by atoms with van der Waals surface area (Å²) in [6.07, 6.45) is 5.10. The standard InChI is InChI=1S/C13H15N3/c1-13(2,3)10-4-7-15-12(8-10)11-5-6-14-9-16-11/h4-9H,1-3H3. The molecule has 0 amide bonds. The summed E-state index contributed by atoms with van der Waals surface area (Å²) >= 11 is 0. The second kappa shape index (κ2) is 4.00. The van der Waals surface area contributed by atoms with Gasteiger partial charge in [-0.2, -0.15) is 0 Å². The number of rotatable bonds is 1. The average Bonchev–Trinajstić information content (AvgIpc) is 2.29. The van der Waals surface area contributed by atoms with Crippen molar-refractivity contribution >= 4 is 0 Å². The minimum Gasteiger partial charge on any atom is -0.255 e. The number of pyridine rings is 1. The van der Waals surface area contributed by atoms with Gasteiger partial charge in [-0.25, -0.2) is 9.97 Å². The molecule has 0 unspecified atom stereocenters. The molecule has 3 heteroatoms. The highest BCUT2D eigenvalue weighted by molar-refractivity contribution is 5.54. The maximum absolute atomic E-state index is 4.33. The number of nitrogens with zero attached hydrogens (tertiary/aromatic N) is 3. The molecule has 0 fully saturated rings. The Kier molecular flexibility index (Phi) is 2.69. The number of aromatic nitrogens is 3. The Morgan fingerprint density at radius 3 is 2.38 bits per heavy atom. The molecule has 0 bridgehead atoms. The van der Waals surface area contributed by atoms with Crippen molar-refractivity contribution in [3.05, 3.63) is 42.5 Å². The molecule has 0 aliphatic heterocycles. The summed E-state index contributed by atoms with van der Waals surface area (Å²) in [6, 6.07) is 6.00. The molecular formula is C13H15N3. The van der Waals surface area contributed by atoms with Crippen molar-refractivity contribution in [1.82, 2.24) is 15.0 Å². The van der Waals surface area contributed by atoms with Gasteiger partial charge in [-0.3, -0.25) is 4.98 Å². The molecule has 0 N–H and O–H groups in total. The van der Waals surface area contributed by atoms with E-state index in [1.54, 1.807) is 12.5 Å². The fraction of sp³-hybridized carbons (Fsp3) is 0.308. The van der Waals surface area contributed by atoms with E-state index in [1.165, 1.54) is 5.56 Å². The summed E-state index contributed by atoms with van der Waals surface area (Å²) in [5.41, 5.74) is 3.15. The first-order chi connectivity index (χ1) is 7.57. The van der Waals surface area contributed by atoms with Crippen LogP contribution in [0.15, 0.2) is 36.9 Å². The summed E-state index contributed by atoms with van der Waals surface area (Å²) in [6.45, 7) is 6.56.